The largest absolute Gasteiger partial charge is 0.489 e. The number of carbonyl (C=O) groups excluding carboxylic acids is 4. The van der Waals surface area contributed by atoms with Crippen LogP contribution in [0.1, 0.15) is 125 Å². The summed E-state index contributed by atoms with van der Waals surface area (Å²) < 4.78 is 52.6. The number of aryl methyl sites for hydroxylation is 2. The van der Waals surface area contributed by atoms with Gasteiger partial charge in [0.2, 0.25) is 17.7 Å². The summed E-state index contributed by atoms with van der Waals surface area (Å²) >= 11 is 1.56. The Morgan fingerprint density at radius 3 is 2.23 bits per heavy atom. The Morgan fingerprint density at radius 1 is 0.957 bits per heavy atom. The van der Waals surface area contributed by atoms with Gasteiger partial charge < -0.3 is 35.4 Å². The van der Waals surface area contributed by atoms with Gasteiger partial charge in [-0.2, -0.15) is 18.4 Å². The highest BCUT2D eigenvalue weighted by Crippen LogP contribution is 2.56. The molecule has 4 aromatic rings. The molecule has 376 valence electrons. The number of benzene rings is 3. The molecule has 70 heavy (non-hydrogen) atoms. The number of nitrogens with one attached hydrogen (secondary N) is 3. The average molecular weight is 987 g/mol. The van der Waals surface area contributed by atoms with Gasteiger partial charge in [-0.05, 0) is 85.5 Å². The zero-order valence-electron chi connectivity index (χ0n) is 41.3. The van der Waals surface area contributed by atoms with Crippen LogP contribution in [0.25, 0.3) is 10.4 Å². The predicted molar refractivity (Wildman–Crippen MR) is 261 cm³/mol. The molecule has 17 heteroatoms. The molecule has 1 saturated heterocycles. The number of aliphatic hydroxyl groups excluding tert-OH is 1. The zero-order valence-corrected chi connectivity index (χ0v) is 42.1. The second kappa shape index (κ2) is 21.7. The number of hydrogen-bond donors (Lipinski definition) is 4. The number of β-amino-alcohol motifs (C(OH)–C–C–N with tert-alkyl or cyclic N) is 1. The Labute approximate surface area is 412 Å². The van der Waals surface area contributed by atoms with Crippen molar-refractivity contribution < 1.29 is 46.9 Å². The lowest BCUT2D eigenvalue weighted by atomic mass is 9.49. The summed E-state index contributed by atoms with van der Waals surface area (Å²) in [7, 11) is 0. The van der Waals surface area contributed by atoms with Crippen molar-refractivity contribution in [3.8, 4) is 22.3 Å². The van der Waals surface area contributed by atoms with Crippen LogP contribution in [-0.4, -0.2) is 88.7 Å². The maximum absolute atomic E-state index is 14.1. The molecule has 1 aliphatic heterocycles. The molecule has 1 saturated carbocycles. The molecule has 1 aromatic heterocycles. The van der Waals surface area contributed by atoms with Crippen LogP contribution in [0, 0.1) is 34.5 Å². The second-order valence-corrected chi connectivity index (χ2v) is 21.7. The van der Waals surface area contributed by atoms with Crippen molar-refractivity contribution in [2.24, 2.45) is 16.2 Å². The molecule has 0 spiro atoms. The molecule has 2 heterocycles. The van der Waals surface area contributed by atoms with Crippen LogP contribution in [0.2, 0.25) is 0 Å². The molecule has 4 atom stereocenters. The maximum Gasteiger partial charge on any atom is 0.417 e. The van der Waals surface area contributed by atoms with Crippen molar-refractivity contribution in [2.75, 3.05) is 19.8 Å². The first-order valence-corrected chi connectivity index (χ1v) is 24.5. The fraction of sp³-hybridized carbons (Fsp3) is 0.509. The molecule has 13 nitrogen and oxygen atoms in total. The lowest BCUT2D eigenvalue weighted by Crippen LogP contribution is -2.74. The van der Waals surface area contributed by atoms with Gasteiger partial charge in [-0.25, -0.2) is 4.98 Å². The van der Waals surface area contributed by atoms with Crippen molar-refractivity contribution in [2.45, 2.75) is 137 Å². The number of unbranched alkanes of at least 4 members (excludes halogenated alkanes) is 2. The molecule has 3 aromatic carbocycles. The minimum atomic E-state index is -4.71. The van der Waals surface area contributed by atoms with Gasteiger partial charge in [0.25, 0.3) is 5.91 Å². The van der Waals surface area contributed by atoms with Crippen LogP contribution in [0.5, 0.6) is 5.75 Å². The fourth-order valence-electron chi connectivity index (χ4n) is 9.99. The van der Waals surface area contributed by atoms with Crippen LogP contribution in [0.3, 0.4) is 0 Å². The fourth-order valence-corrected chi connectivity index (χ4v) is 10.8. The standard InChI is InChI=1S/C53H65F3N6O7S/c1-31(34-18-20-35(21-19-34)43-32(2)58-30-70-43)59-46(66)41-25-38(63)28-62(41)47(67)44(50(3,4)5)60-42(64)29-68-24-12-10-11-13-33-14-16-36(17-15-33)45(65)61-48-51(6,7)49(52(48,8)9)69-39-23-22-37(27-57)40(26-39)53(54,55)56/h14-23,26,30-31,38,41,44,48-49,63H,10-13,24-25,28-29H2,1-9H3,(H,59,66)(H,60,64)(H,61,65)/t31-,38+,41-,44+,48-,49-/m0/s1. The smallest absolute Gasteiger partial charge is 0.417 e. The van der Waals surface area contributed by atoms with Crippen LogP contribution in [0.15, 0.2) is 72.2 Å². The normalized spacial score (nSPS) is 20.4. The number of nitriles is 1. The lowest BCUT2D eigenvalue weighted by Gasteiger charge is -2.63. The first kappa shape index (κ1) is 53.5. The summed E-state index contributed by atoms with van der Waals surface area (Å²) in [6, 6.07) is 17.5. The van der Waals surface area contributed by atoms with Gasteiger partial charge in [-0.3, -0.25) is 19.2 Å². The highest BCUT2D eigenvalue weighted by molar-refractivity contribution is 7.13. The summed E-state index contributed by atoms with van der Waals surface area (Å²) in [5, 5.41) is 28.8. The molecule has 2 fully saturated rings. The number of hydrogen-bond acceptors (Lipinski definition) is 10. The minimum Gasteiger partial charge on any atom is -0.489 e. The third-order valence-electron chi connectivity index (χ3n) is 13.5. The number of rotatable bonds is 18. The average Bonchev–Trinajstić information content (AvgIpc) is 3.92. The second-order valence-electron chi connectivity index (χ2n) is 20.8. The third kappa shape index (κ3) is 12.4. The SMILES string of the molecule is Cc1ncsc1-c1ccc([C@H](C)NC(=O)[C@@H]2C[C@@H](O)CN2C(=O)[C@@H](NC(=O)COCCCCCc2ccc(C(=O)N[C@H]3C(C)(C)[C@H](Oc4ccc(C#N)c(C(F)(F)F)c4)C3(C)C)cc2)C(C)(C)C)cc1. The van der Waals surface area contributed by atoms with Crippen molar-refractivity contribution >= 4 is 35.0 Å². The number of thiazole rings is 1. The number of halogens is 3. The molecule has 1 aliphatic carbocycles. The number of likely N-dealkylation sites (tertiary alicyclic amines) is 1. The molecule has 4 amide bonds. The van der Waals surface area contributed by atoms with E-state index >= 15 is 0 Å². The molecule has 2 aliphatic rings. The number of ether oxygens (including phenoxy) is 2. The van der Waals surface area contributed by atoms with Gasteiger partial charge in [0, 0.05) is 42.0 Å². The highest BCUT2D eigenvalue weighted by atomic mass is 32.1. The Kier molecular flexibility index (Phi) is 16.6. The van der Waals surface area contributed by atoms with Gasteiger partial charge in [-0.1, -0.05) is 91.3 Å². The topological polar surface area (TPSA) is 183 Å². The molecule has 6 rings (SSSR count). The number of amides is 4. The van der Waals surface area contributed by atoms with Gasteiger partial charge in [-0.15, -0.1) is 11.3 Å². The Bertz CT molecular complexity index is 2530. The monoisotopic (exact) mass is 986 g/mol. The molecule has 4 N–H and O–H groups in total. The van der Waals surface area contributed by atoms with Crippen LogP contribution < -0.4 is 20.7 Å². The van der Waals surface area contributed by atoms with Crippen molar-refractivity contribution in [1.82, 2.24) is 25.8 Å². The highest BCUT2D eigenvalue weighted by Gasteiger charge is 2.64. The van der Waals surface area contributed by atoms with E-state index in [9.17, 15) is 37.5 Å². The number of nitrogens with zero attached hydrogens (tertiary/aromatic N) is 3. The van der Waals surface area contributed by atoms with E-state index in [-0.39, 0.29) is 49.2 Å². The van der Waals surface area contributed by atoms with E-state index in [1.807, 2.05) is 98.7 Å². The van der Waals surface area contributed by atoms with E-state index in [2.05, 4.69) is 20.9 Å². The van der Waals surface area contributed by atoms with E-state index in [4.69, 9.17) is 14.7 Å². The van der Waals surface area contributed by atoms with Gasteiger partial charge >= 0.3 is 6.18 Å². The Balaban J connectivity index is 0.912. The Morgan fingerprint density at radius 2 is 1.63 bits per heavy atom. The Hall–Kier alpha value is -5.83. The number of aromatic nitrogens is 1. The van der Waals surface area contributed by atoms with E-state index < -0.39 is 69.7 Å². The molecular weight excluding hydrogens is 922 g/mol. The summed E-state index contributed by atoms with van der Waals surface area (Å²) in [4.78, 5) is 61.0. The third-order valence-corrected chi connectivity index (χ3v) is 14.5. The summed E-state index contributed by atoms with van der Waals surface area (Å²) in [5.41, 5.74) is 2.67. The summed E-state index contributed by atoms with van der Waals surface area (Å²) in [5.74, 6) is -1.58. The van der Waals surface area contributed by atoms with E-state index in [0.29, 0.717) is 18.6 Å². The molecule has 0 unspecified atom stereocenters. The first-order valence-electron chi connectivity index (χ1n) is 23.7. The van der Waals surface area contributed by atoms with Crippen molar-refractivity contribution in [3.05, 3.63) is 106 Å². The van der Waals surface area contributed by atoms with Crippen LogP contribution in [0.4, 0.5) is 13.2 Å². The minimum absolute atomic E-state index is 0.000386. The first-order chi connectivity index (χ1) is 32.8. The molecule has 0 bridgehead atoms. The number of carbonyl (C=O) groups is 4. The van der Waals surface area contributed by atoms with E-state index in [0.717, 1.165) is 58.7 Å². The van der Waals surface area contributed by atoms with E-state index in [1.165, 1.54) is 11.0 Å². The zero-order chi connectivity index (χ0) is 51.3. The summed E-state index contributed by atoms with van der Waals surface area (Å²) in [6.07, 6.45) is -2.95. The molecule has 0 radical (unpaired) electrons. The van der Waals surface area contributed by atoms with Crippen molar-refractivity contribution in [1.29, 1.82) is 5.26 Å². The predicted octanol–water partition coefficient (Wildman–Crippen LogP) is 8.72. The van der Waals surface area contributed by atoms with Crippen molar-refractivity contribution in [3.63, 3.8) is 0 Å². The lowest BCUT2D eigenvalue weighted by molar-refractivity contribution is -0.164. The van der Waals surface area contributed by atoms with Gasteiger partial charge in [0.1, 0.15) is 30.5 Å². The van der Waals surface area contributed by atoms with Gasteiger partial charge in [0.05, 0.1) is 45.4 Å². The maximum atomic E-state index is 14.1. The quantitative estimate of drug-likeness (QED) is 0.0709. The van der Waals surface area contributed by atoms with Gasteiger partial charge in [0.15, 0.2) is 0 Å². The van der Waals surface area contributed by atoms with E-state index in [1.54, 1.807) is 35.0 Å². The number of alkyl halides is 3. The van der Waals surface area contributed by atoms with Crippen LogP contribution in [-0.2, 0) is 31.7 Å². The number of aliphatic hydroxyl groups is 1. The molecular formula is C53H65F3N6O7S. The van der Waals surface area contributed by atoms with Crippen LogP contribution >= 0.6 is 11.3 Å². The summed E-state index contributed by atoms with van der Waals surface area (Å²) in [6.45, 7) is 16.9.